The lowest BCUT2D eigenvalue weighted by atomic mass is 10.4. The quantitative estimate of drug-likeness (QED) is 0.611. The summed E-state index contributed by atoms with van der Waals surface area (Å²) in [5.41, 5.74) is 0. The molecule has 2 rings (SSSR count). The van der Waals surface area contributed by atoms with Gasteiger partial charge in [-0.3, -0.25) is 4.79 Å². The van der Waals surface area contributed by atoms with Crippen molar-refractivity contribution in [3.63, 3.8) is 0 Å². The molecular weight excluding hydrogens is 168 g/mol. The van der Waals surface area contributed by atoms with Crippen LogP contribution in [0.25, 0.3) is 0 Å². The summed E-state index contributed by atoms with van der Waals surface area (Å²) in [5.74, 6) is 1.07. The minimum absolute atomic E-state index is 0.391. The molecule has 1 aliphatic rings. The Hall–Kier alpha value is -1.39. The summed E-state index contributed by atoms with van der Waals surface area (Å²) < 4.78 is 1.51. The maximum atomic E-state index is 10.5. The van der Waals surface area contributed by atoms with Crippen LogP contribution in [0.4, 0.5) is 5.95 Å². The Kier molecular flexibility index (Phi) is 2.00. The third-order valence-electron chi connectivity index (χ3n) is 2.28. The summed E-state index contributed by atoms with van der Waals surface area (Å²) in [7, 11) is 1.73. The number of aromatic nitrogens is 3. The summed E-state index contributed by atoms with van der Waals surface area (Å²) >= 11 is 0. The molecule has 1 aromatic heterocycles. The van der Waals surface area contributed by atoms with E-state index in [1.54, 1.807) is 7.05 Å². The molecule has 0 N–H and O–H groups in total. The normalized spacial score (nSPS) is 16.5. The van der Waals surface area contributed by atoms with Gasteiger partial charge in [0.2, 0.25) is 5.95 Å². The molecule has 13 heavy (non-hydrogen) atoms. The maximum absolute atomic E-state index is 10.5. The second kappa shape index (κ2) is 3.16. The van der Waals surface area contributed by atoms with Gasteiger partial charge < -0.3 is 4.90 Å². The lowest BCUT2D eigenvalue weighted by Crippen LogP contribution is -2.19. The van der Waals surface area contributed by atoms with Crippen LogP contribution in [-0.2, 0) is 7.05 Å². The molecule has 0 spiro atoms. The van der Waals surface area contributed by atoms with E-state index in [1.807, 2.05) is 0 Å². The van der Waals surface area contributed by atoms with Gasteiger partial charge in [-0.2, -0.15) is 4.98 Å². The fourth-order valence-electron chi connectivity index (χ4n) is 1.54. The Bertz CT molecular complexity index is 314. The second-order valence-electron chi connectivity index (χ2n) is 3.21. The van der Waals surface area contributed by atoms with Crippen LogP contribution < -0.4 is 4.90 Å². The van der Waals surface area contributed by atoms with Crippen LogP contribution in [0.5, 0.6) is 0 Å². The largest absolute Gasteiger partial charge is 0.340 e. The van der Waals surface area contributed by atoms with Crippen LogP contribution in [0.1, 0.15) is 23.5 Å². The monoisotopic (exact) mass is 180 g/mol. The number of hydrogen-bond donors (Lipinski definition) is 0. The average Bonchev–Trinajstić information content (AvgIpc) is 2.71. The summed E-state index contributed by atoms with van der Waals surface area (Å²) in [4.78, 5) is 16.7. The SMILES string of the molecule is Cn1nc(N2CCCC2)nc1C=O. The van der Waals surface area contributed by atoms with E-state index in [1.165, 1.54) is 17.5 Å². The van der Waals surface area contributed by atoms with Crippen LogP contribution in [0.3, 0.4) is 0 Å². The Morgan fingerprint density at radius 2 is 2.08 bits per heavy atom. The first-order chi connectivity index (χ1) is 6.31. The molecule has 2 heterocycles. The van der Waals surface area contributed by atoms with Gasteiger partial charge in [-0.1, -0.05) is 0 Å². The summed E-state index contributed by atoms with van der Waals surface area (Å²) in [6, 6.07) is 0. The van der Waals surface area contributed by atoms with Gasteiger partial charge in [-0.05, 0) is 12.8 Å². The number of nitrogens with zero attached hydrogens (tertiary/aromatic N) is 4. The highest BCUT2D eigenvalue weighted by molar-refractivity contribution is 5.69. The summed E-state index contributed by atoms with van der Waals surface area (Å²) in [6.45, 7) is 2.00. The summed E-state index contributed by atoms with van der Waals surface area (Å²) in [6.07, 6.45) is 3.11. The number of aryl methyl sites for hydroxylation is 1. The van der Waals surface area contributed by atoms with Crippen molar-refractivity contribution in [3.8, 4) is 0 Å². The van der Waals surface area contributed by atoms with Crippen molar-refractivity contribution in [1.82, 2.24) is 14.8 Å². The Morgan fingerprint density at radius 1 is 1.38 bits per heavy atom. The number of hydrogen-bond acceptors (Lipinski definition) is 4. The Labute approximate surface area is 76.4 Å². The van der Waals surface area contributed by atoms with Gasteiger partial charge in [0, 0.05) is 20.1 Å². The van der Waals surface area contributed by atoms with Gasteiger partial charge in [0.1, 0.15) is 0 Å². The molecule has 1 aromatic rings. The van der Waals surface area contributed by atoms with Crippen LogP contribution in [0, 0.1) is 0 Å². The van der Waals surface area contributed by atoms with E-state index in [0.29, 0.717) is 11.8 Å². The molecule has 0 atom stereocenters. The molecule has 1 saturated heterocycles. The third-order valence-corrected chi connectivity index (χ3v) is 2.28. The van der Waals surface area contributed by atoms with Gasteiger partial charge in [-0.15, -0.1) is 5.10 Å². The molecule has 70 valence electrons. The molecule has 0 unspecified atom stereocenters. The Morgan fingerprint density at radius 3 is 2.62 bits per heavy atom. The lowest BCUT2D eigenvalue weighted by Gasteiger charge is -2.10. The van der Waals surface area contributed by atoms with Crippen LogP contribution in [0.2, 0.25) is 0 Å². The van der Waals surface area contributed by atoms with E-state index in [0.717, 1.165) is 19.4 Å². The van der Waals surface area contributed by atoms with Crippen molar-refractivity contribution in [2.45, 2.75) is 12.8 Å². The smallest absolute Gasteiger partial charge is 0.245 e. The van der Waals surface area contributed by atoms with Crippen molar-refractivity contribution in [3.05, 3.63) is 5.82 Å². The average molecular weight is 180 g/mol. The maximum Gasteiger partial charge on any atom is 0.245 e. The van der Waals surface area contributed by atoms with Crippen LogP contribution >= 0.6 is 0 Å². The molecule has 5 nitrogen and oxygen atoms in total. The predicted molar refractivity (Wildman–Crippen MR) is 47.8 cm³/mol. The molecule has 1 fully saturated rings. The van der Waals surface area contributed by atoms with Crippen molar-refractivity contribution in [2.24, 2.45) is 7.05 Å². The minimum atomic E-state index is 0.391. The molecule has 0 amide bonds. The van der Waals surface area contributed by atoms with Crippen molar-refractivity contribution >= 4 is 12.2 Å². The van der Waals surface area contributed by atoms with Gasteiger partial charge in [-0.25, -0.2) is 4.68 Å². The highest BCUT2D eigenvalue weighted by atomic mass is 16.1. The number of aldehydes is 1. The highest BCUT2D eigenvalue weighted by Gasteiger charge is 2.17. The van der Waals surface area contributed by atoms with E-state index in [9.17, 15) is 4.79 Å². The predicted octanol–water partition coefficient (Wildman–Crippen LogP) is 0.228. The second-order valence-corrected chi connectivity index (χ2v) is 3.21. The molecule has 0 bridgehead atoms. The zero-order chi connectivity index (χ0) is 9.26. The topological polar surface area (TPSA) is 51.0 Å². The minimum Gasteiger partial charge on any atom is -0.340 e. The number of rotatable bonds is 2. The summed E-state index contributed by atoms with van der Waals surface area (Å²) in [5, 5.41) is 4.16. The van der Waals surface area contributed by atoms with Crippen molar-refractivity contribution < 1.29 is 4.79 Å². The van der Waals surface area contributed by atoms with E-state index in [-0.39, 0.29) is 0 Å². The van der Waals surface area contributed by atoms with Crippen LogP contribution in [-0.4, -0.2) is 34.1 Å². The zero-order valence-electron chi connectivity index (χ0n) is 7.60. The molecule has 0 radical (unpaired) electrons. The molecular formula is C8H12N4O. The van der Waals surface area contributed by atoms with Gasteiger partial charge in [0.05, 0.1) is 0 Å². The zero-order valence-corrected chi connectivity index (χ0v) is 7.60. The van der Waals surface area contributed by atoms with Gasteiger partial charge in [0.15, 0.2) is 12.1 Å². The molecule has 5 heteroatoms. The molecule has 0 aliphatic carbocycles. The lowest BCUT2D eigenvalue weighted by molar-refractivity contribution is 0.111. The van der Waals surface area contributed by atoms with Crippen LogP contribution in [0.15, 0.2) is 0 Å². The Balaban J connectivity index is 2.24. The molecule has 0 aromatic carbocycles. The fourth-order valence-corrected chi connectivity index (χ4v) is 1.54. The van der Waals surface area contributed by atoms with Gasteiger partial charge >= 0.3 is 0 Å². The van der Waals surface area contributed by atoms with E-state index >= 15 is 0 Å². The number of carbonyl (C=O) groups is 1. The van der Waals surface area contributed by atoms with Crippen molar-refractivity contribution in [2.75, 3.05) is 18.0 Å². The number of carbonyl (C=O) groups excluding carboxylic acids is 1. The van der Waals surface area contributed by atoms with E-state index < -0.39 is 0 Å². The van der Waals surface area contributed by atoms with Gasteiger partial charge in [0.25, 0.3) is 0 Å². The first-order valence-corrected chi connectivity index (χ1v) is 4.42. The third kappa shape index (κ3) is 1.41. The fraction of sp³-hybridized carbons (Fsp3) is 0.625. The van der Waals surface area contributed by atoms with Crippen molar-refractivity contribution in [1.29, 1.82) is 0 Å². The molecule has 1 aliphatic heterocycles. The standard InChI is InChI=1S/C8H12N4O/c1-11-7(6-13)9-8(10-11)12-4-2-3-5-12/h6H,2-5H2,1H3. The number of anilines is 1. The van der Waals surface area contributed by atoms with E-state index in [4.69, 9.17) is 0 Å². The highest BCUT2D eigenvalue weighted by Crippen LogP contribution is 2.15. The molecule has 0 saturated carbocycles. The first kappa shape index (κ1) is 8.22. The first-order valence-electron chi connectivity index (χ1n) is 4.42. The van der Waals surface area contributed by atoms with E-state index in [2.05, 4.69) is 15.0 Å².